The first-order chi connectivity index (χ1) is 14.4. The minimum Gasteiger partial charge on any atom is -0.367 e. The zero-order chi connectivity index (χ0) is 20.9. The summed E-state index contributed by atoms with van der Waals surface area (Å²) in [7, 11) is 0. The maximum atomic E-state index is 13.2. The number of aromatic amines is 1. The molecule has 1 aromatic carbocycles. The van der Waals surface area contributed by atoms with Gasteiger partial charge in [-0.3, -0.25) is 14.5 Å². The lowest BCUT2D eigenvalue weighted by Crippen LogP contribution is -2.28. The van der Waals surface area contributed by atoms with Crippen LogP contribution in [-0.4, -0.2) is 32.0 Å². The maximum Gasteiger partial charge on any atom is 0.406 e. The van der Waals surface area contributed by atoms with Crippen LogP contribution in [0.15, 0.2) is 47.5 Å². The van der Waals surface area contributed by atoms with Crippen LogP contribution >= 0.6 is 0 Å². The quantitative estimate of drug-likeness (QED) is 0.518. The third-order valence-electron chi connectivity index (χ3n) is 5.57. The fourth-order valence-corrected chi connectivity index (χ4v) is 3.88. The average molecular weight is 413 g/mol. The highest BCUT2D eigenvalue weighted by Crippen LogP contribution is 2.33. The van der Waals surface area contributed by atoms with Crippen LogP contribution in [0.3, 0.4) is 0 Å². The lowest BCUT2D eigenvalue weighted by atomic mass is 9.93. The predicted molar refractivity (Wildman–Crippen MR) is 108 cm³/mol. The zero-order valence-electron chi connectivity index (χ0n) is 15.8. The molecule has 2 N–H and O–H groups in total. The van der Waals surface area contributed by atoms with Gasteiger partial charge in [0.15, 0.2) is 0 Å². The van der Waals surface area contributed by atoms with Gasteiger partial charge < -0.3 is 5.32 Å². The van der Waals surface area contributed by atoms with Gasteiger partial charge in [-0.25, -0.2) is 4.98 Å². The minimum absolute atomic E-state index is 0.133. The summed E-state index contributed by atoms with van der Waals surface area (Å²) in [4.78, 5) is 17.2. The van der Waals surface area contributed by atoms with Gasteiger partial charge in [0.2, 0.25) is 0 Å². The van der Waals surface area contributed by atoms with E-state index in [1.165, 1.54) is 12.6 Å². The van der Waals surface area contributed by atoms with Crippen LogP contribution in [0, 0.1) is 0 Å². The molecule has 30 heavy (non-hydrogen) atoms. The Labute approximate surface area is 168 Å². The monoisotopic (exact) mass is 413 g/mol. The number of fused-ring (bicyclic) bond motifs is 3. The fourth-order valence-electron chi connectivity index (χ4n) is 3.88. The summed E-state index contributed by atoms with van der Waals surface area (Å²) in [6.07, 6.45) is 1.71. The largest absolute Gasteiger partial charge is 0.406 e. The van der Waals surface area contributed by atoms with E-state index in [0.717, 1.165) is 23.0 Å². The molecular formula is C21H18F3N5O. The Bertz CT molecular complexity index is 1300. The Morgan fingerprint density at radius 2 is 2.03 bits per heavy atom. The summed E-state index contributed by atoms with van der Waals surface area (Å²) in [5.74, 6) is 0.689. The fraction of sp³-hybridized carbons (Fsp3) is 0.286. The van der Waals surface area contributed by atoms with Crippen LogP contribution in [0.1, 0.15) is 19.3 Å². The average Bonchev–Trinajstić information content (AvgIpc) is 3.17. The molecule has 1 fully saturated rings. The first-order valence-corrected chi connectivity index (χ1v) is 9.69. The van der Waals surface area contributed by atoms with Crippen molar-refractivity contribution in [3.05, 3.63) is 53.1 Å². The van der Waals surface area contributed by atoms with Crippen LogP contribution in [-0.2, 0) is 6.54 Å². The van der Waals surface area contributed by atoms with Gasteiger partial charge in [0.25, 0.3) is 5.56 Å². The smallest absolute Gasteiger partial charge is 0.367 e. The lowest BCUT2D eigenvalue weighted by Gasteiger charge is -2.28. The summed E-state index contributed by atoms with van der Waals surface area (Å²) in [5, 5.41) is 10.6. The molecule has 0 unspecified atom stereocenters. The van der Waals surface area contributed by atoms with Crippen molar-refractivity contribution in [3.8, 4) is 11.1 Å². The first-order valence-electron chi connectivity index (χ1n) is 9.69. The van der Waals surface area contributed by atoms with Gasteiger partial charge in [0, 0.05) is 23.2 Å². The summed E-state index contributed by atoms with van der Waals surface area (Å²) in [5.41, 5.74) is 1.37. The van der Waals surface area contributed by atoms with Crippen molar-refractivity contribution in [2.45, 2.75) is 38.0 Å². The van der Waals surface area contributed by atoms with Crippen LogP contribution < -0.4 is 10.9 Å². The molecule has 0 saturated heterocycles. The molecule has 0 atom stereocenters. The van der Waals surface area contributed by atoms with Gasteiger partial charge in [-0.2, -0.15) is 18.3 Å². The Morgan fingerprint density at radius 1 is 1.20 bits per heavy atom. The number of hydrogen-bond donors (Lipinski definition) is 2. The number of benzene rings is 1. The predicted octanol–water partition coefficient (Wildman–Crippen LogP) is 4.47. The van der Waals surface area contributed by atoms with E-state index in [0.29, 0.717) is 28.3 Å². The highest BCUT2D eigenvalue weighted by molar-refractivity contribution is 6.04. The molecule has 0 bridgehead atoms. The van der Waals surface area contributed by atoms with E-state index in [2.05, 4.69) is 20.5 Å². The standard InChI is InChI=1S/C21H18F3N5O/c22-21(23,24)11-29-17-9-12(6-7-15(17)18-16(20(29)30)10-26-28-18)14-5-2-8-25-19(14)27-13-3-1-4-13/h2,5-10,13H,1,3-4,11H2,(H,25,27)(H,26,28). The second kappa shape index (κ2) is 6.86. The molecule has 1 saturated carbocycles. The molecular weight excluding hydrogens is 395 g/mol. The molecule has 0 spiro atoms. The van der Waals surface area contributed by atoms with Crippen molar-refractivity contribution in [2.75, 3.05) is 5.32 Å². The molecule has 5 rings (SSSR count). The molecule has 6 nitrogen and oxygen atoms in total. The number of H-pyrrole nitrogens is 1. The van der Waals surface area contributed by atoms with Crippen LogP contribution in [0.2, 0.25) is 0 Å². The summed E-state index contributed by atoms with van der Waals surface area (Å²) in [6.45, 7) is -1.37. The van der Waals surface area contributed by atoms with E-state index < -0.39 is 18.3 Å². The number of nitrogens with one attached hydrogen (secondary N) is 2. The first kappa shape index (κ1) is 18.7. The van der Waals surface area contributed by atoms with Crippen molar-refractivity contribution in [1.82, 2.24) is 19.7 Å². The number of halogens is 3. The van der Waals surface area contributed by atoms with Crippen LogP contribution in [0.25, 0.3) is 32.9 Å². The number of hydrogen-bond acceptors (Lipinski definition) is 4. The number of rotatable bonds is 4. The molecule has 4 aromatic rings. The molecule has 1 aliphatic rings. The molecule has 1 aliphatic carbocycles. The number of anilines is 1. The van der Waals surface area contributed by atoms with E-state index in [9.17, 15) is 18.0 Å². The van der Waals surface area contributed by atoms with Crippen LogP contribution in [0.5, 0.6) is 0 Å². The van der Waals surface area contributed by atoms with E-state index in [1.54, 1.807) is 24.4 Å². The molecule has 0 aliphatic heterocycles. The van der Waals surface area contributed by atoms with E-state index in [1.807, 2.05) is 12.1 Å². The Hall–Kier alpha value is -3.36. The van der Waals surface area contributed by atoms with Crippen molar-refractivity contribution in [1.29, 1.82) is 0 Å². The van der Waals surface area contributed by atoms with Gasteiger partial charge in [-0.15, -0.1) is 0 Å². The second-order valence-electron chi connectivity index (χ2n) is 7.57. The van der Waals surface area contributed by atoms with Gasteiger partial charge in [0.05, 0.1) is 22.6 Å². The summed E-state index contributed by atoms with van der Waals surface area (Å²) >= 11 is 0. The van der Waals surface area contributed by atoms with Crippen molar-refractivity contribution >= 4 is 27.6 Å². The Morgan fingerprint density at radius 3 is 2.77 bits per heavy atom. The number of pyridine rings is 2. The van der Waals surface area contributed by atoms with Gasteiger partial charge in [-0.1, -0.05) is 12.1 Å². The van der Waals surface area contributed by atoms with Gasteiger partial charge in [0.1, 0.15) is 12.4 Å². The van der Waals surface area contributed by atoms with Crippen molar-refractivity contribution < 1.29 is 13.2 Å². The number of aromatic nitrogens is 4. The third kappa shape index (κ3) is 3.20. The summed E-state index contributed by atoms with van der Waals surface area (Å²) in [6, 6.07) is 9.17. The zero-order valence-corrected chi connectivity index (χ0v) is 15.8. The summed E-state index contributed by atoms with van der Waals surface area (Å²) < 4.78 is 40.5. The van der Waals surface area contributed by atoms with Gasteiger partial charge in [-0.05, 0) is 43.0 Å². The minimum atomic E-state index is -4.53. The van der Waals surface area contributed by atoms with Crippen LogP contribution in [0.4, 0.5) is 19.0 Å². The van der Waals surface area contributed by atoms with Crippen molar-refractivity contribution in [3.63, 3.8) is 0 Å². The topological polar surface area (TPSA) is 75.6 Å². The normalized spacial score (nSPS) is 14.9. The van der Waals surface area contributed by atoms with E-state index in [-0.39, 0.29) is 10.9 Å². The highest BCUT2D eigenvalue weighted by Gasteiger charge is 2.30. The number of nitrogens with zero attached hydrogens (tertiary/aromatic N) is 3. The Balaban J connectivity index is 1.72. The highest BCUT2D eigenvalue weighted by atomic mass is 19.4. The van der Waals surface area contributed by atoms with E-state index >= 15 is 0 Å². The number of alkyl halides is 3. The molecule has 0 amide bonds. The third-order valence-corrected chi connectivity index (χ3v) is 5.57. The molecule has 3 aromatic heterocycles. The molecule has 3 heterocycles. The Kier molecular flexibility index (Phi) is 4.27. The SMILES string of the molecule is O=c1c2cn[nH]c2c2ccc(-c3cccnc3NC3CCC3)cc2n1CC(F)(F)F. The molecule has 0 radical (unpaired) electrons. The molecule has 9 heteroatoms. The molecule has 154 valence electrons. The lowest BCUT2D eigenvalue weighted by molar-refractivity contribution is -0.140. The van der Waals surface area contributed by atoms with Crippen molar-refractivity contribution in [2.24, 2.45) is 0 Å². The second-order valence-corrected chi connectivity index (χ2v) is 7.57. The van der Waals surface area contributed by atoms with Gasteiger partial charge >= 0.3 is 6.18 Å². The van der Waals surface area contributed by atoms with E-state index in [4.69, 9.17) is 0 Å². The maximum absolute atomic E-state index is 13.2.